The summed E-state index contributed by atoms with van der Waals surface area (Å²) < 4.78 is 12.2. The maximum absolute atomic E-state index is 12.9. The molecule has 0 atom stereocenters. The molecule has 0 aromatic carbocycles. The topological polar surface area (TPSA) is 77.8 Å². The number of aromatic nitrogens is 1. The number of allylic oxidation sites excluding steroid dienone is 1. The smallest absolute Gasteiger partial charge is 0.343 e. The van der Waals surface area contributed by atoms with Gasteiger partial charge in [-0.3, -0.25) is 14.5 Å². The van der Waals surface area contributed by atoms with Crippen LogP contribution in [0.25, 0.3) is 0 Å². The second-order valence-electron chi connectivity index (χ2n) is 5.94. The first-order valence-corrected chi connectivity index (χ1v) is 8.66. The standard InChI is InChI=1S/C19H20N2O5/c1-3-5-10-26-17-15-18(23)21-9-7-6-8-13(21)11-20(15)12-14(16(17)22)19(24)25-4-2/h7,12H,3-5,9-11H2,1-2H3. The number of esters is 1. The molecular weight excluding hydrogens is 336 g/mol. The van der Waals surface area contributed by atoms with Crippen LogP contribution in [0.15, 0.2) is 34.2 Å². The quantitative estimate of drug-likeness (QED) is 0.442. The van der Waals surface area contributed by atoms with E-state index in [0.717, 1.165) is 12.8 Å². The summed E-state index contributed by atoms with van der Waals surface area (Å²) in [5.74, 6) is -1.17. The van der Waals surface area contributed by atoms with E-state index in [-0.39, 0.29) is 29.5 Å². The number of hydrogen-bond acceptors (Lipinski definition) is 5. The number of nitrogens with zero attached hydrogens (tertiary/aromatic N) is 2. The molecule has 136 valence electrons. The van der Waals surface area contributed by atoms with Gasteiger partial charge in [-0.05, 0) is 25.2 Å². The van der Waals surface area contributed by atoms with E-state index in [1.54, 1.807) is 17.6 Å². The molecule has 0 bridgehead atoms. The van der Waals surface area contributed by atoms with Gasteiger partial charge < -0.3 is 14.0 Å². The summed E-state index contributed by atoms with van der Waals surface area (Å²) in [7, 11) is 0. The van der Waals surface area contributed by atoms with Crippen molar-refractivity contribution >= 4 is 11.9 Å². The largest absolute Gasteiger partial charge is 0.487 e. The zero-order valence-electron chi connectivity index (χ0n) is 14.8. The summed E-state index contributed by atoms with van der Waals surface area (Å²) >= 11 is 0. The Bertz CT molecular complexity index is 915. The van der Waals surface area contributed by atoms with E-state index in [1.165, 1.54) is 11.1 Å². The van der Waals surface area contributed by atoms with Crippen LogP contribution in [0.1, 0.15) is 47.5 Å². The van der Waals surface area contributed by atoms with E-state index in [0.29, 0.717) is 25.4 Å². The Hall–Kier alpha value is -3.01. The zero-order chi connectivity index (χ0) is 18.7. The highest BCUT2D eigenvalue weighted by Crippen LogP contribution is 2.27. The average Bonchev–Trinajstić information content (AvgIpc) is 2.64. The highest BCUT2D eigenvalue weighted by molar-refractivity contribution is 5.99. The molecule has 2 aliphatic rings. The lowest BCUT2D eigenvalue weighted by Crippen LogP contribution is -2.41. The summed E-state index contributed by atoms with van der Waals surface area (Å²) in [5, 5.41) is 0. The van der Waals surface area contributed by atoms with Gasteiger partial charge in [0.2, 0.25) is 5.43 Å². The van der Waals surface area contributed by atoms with Crippen LogP contribution in [-0.4, -0.2) is 41.1 Å². The predicted molar refractivity (Wildman–Crippen MR) is 93.2 cm³/mol. The summed E-state index contributed by atoms with van der Waals surface area (Å²) in [5.41, 5.74) is 5.79. The van der Waals surface area contributed by atoms with Crippen LogP contribution in [-0.2, 0) is 11.3 Å². The van der Waals surface area contributed by atoms with E-state index < -0.39 is 11.4 Å². The van der Waals surface area contributed by atoms with Crippen molar-refractivity contribution in [3.63, 3.8) is 0 Å². The van der Waals surface area contributed by atoms with Crippen molar-refractivity contribution < 1.29 is 19.1 Å². The summed E-state index contributed by atoms with van der Waals surface area (Å²) in [4.78, 5) is 39.4. The highest BCUT2D eigenvalue weighted by atomic mass is 16.5. The number of fused-ring (bicyclic) bond motifs is 2. The van der Waals surface area contributed by atoms with Crippen molar-refractivity contribution in [3.8, 4) is 5.75 Å². The molecule has 3 rings (SSSR count). The van der Waals surface area contributed by atoms with Gasteiger partial charge in [0.05, 0.1) is 32.0 Å². The minimum absolute atomic E-state index is 0.0911. The lowest BCUT2D eigenvalue weighted by Gasteiger charge is -2.32. The zero-order valence-corrected chi connectivity index (χ0v) is 14.8. The van der Waals surface area contributed by atoms with Crippen LogP contribution < -0.4 is 10.2 Å². The molecule has 7 heteroatoms. The molecule has 0 unspecified atom stereocenters. The van der Waals surface area contributed by atoms with E-state index in [1.807, 2.05) is 6.92 Å². The number of carbonyl (C=O) groups excluding carboxylic acids is 2. The van der Waals surface area contributed by atoms with Crippen LogP contribution >= 0.6 is 0 Å². The molecule has 3 heterocycles. The second-order valence-corrected chi connectivity index (χ2v) is 5.94. The number of carbonyl (C=O) groups is 2. The number of amides is 1. The van der Waals surface area contributed by atoms with Gasteiger partial charge in [0.25, 0.3) is 5.91 Å². The van der Waals surface area contributed by atoms with Gasteiger partial charge in [-0.15, -0.1) is 0 Å². The predicted octanol–water partition coefficient (Wildman–Crippen LogP) is 1.87. The first-order valence-electron chi connectivity index (χ1n) is 8.66. The maximum atomic E-state index is 12.9. The Morgan fingerprint density at radius 1 is 1.31 bits per heavy atom. The summed E-state index contributed by atoms with van der Waals surface area (Å²) in [6, 6.07) is 0. The lowest BCUT2D eigenvalue weighted by atomic mass is 10.1. The van der Waals surface area contributed by atoms with Gasteiger partial charge in [0.15, 0.2) is 11.4 Å². The maximum Gasteiger partial charge on any atom is 0.343 e. The molecule has 1 amide bonds. The SMILES string of the molecule is CCCCOc1c2n(cc(C(=O)OCC)c1=O)CC1=C=C=CCN1C2=O. The molecule has 0 radical (unpaired) electrons. The van der Waals surface area contributed by atoms with Crippen molar-refractivity contribution in [2.45, 2.75) is 33.2 Å². The molecule has 0 spiro atoms. The minimum atomic E-state index is -0.726. The van der Waals surface area contributed by atoms with Gasteiger partial charge >= 0.3 is 5.97 Å². The van der Waals surface area contributed by atoms with Crippen LogP contribution in [0.5, 0.6) is 5.75 Å². The molecular formula is C19H20N2O5. The molecule has 0 saturated carbocycles. The second kappa shape index (κ2) is 7.48. The van der Waals surface area contributed by atoms with Crippen molar-refractivity contribution in [1.29, 1.82) is 0 Å². The van der Waals surface area contributed by atoms with Crippen LogP contribution in [0.3, 0.4) is 0 Å². The Balaban J connectivity index is 2.15. The normalized spacial score (nSPS) is 14.6. The molecule has 2 aliphatic heterocycles. The fraction of sp³-hybridized carbons (Fsp3) is 0.421. The molecule has 0 aliphatic carbocycles. The molecule has 1 aromatic rings. The number of pyridine rings is 1. The van der Waals surface area contributed by atoms with E-state index in [4.69, 9.17) is 9.47 Å². The van der Waals surface area contributed by atoms with Crippen LogP contribution in [0.4, 0.5) is 0 Å². The van der Waals surface area contributed by atoms with Gasteiger partial charge in [-0.1, -0.05) is 19.1 Å². The van der Waals surface area contributed by atoms with Crippen molar-refractivity contribution in [2.75, 3.05) is 19.8 Å². The van der Waals surface area contributed by atoms with Crippen molar-refractivity contribution in [1.82, 2.24) is 9.47 Å². The van der Waals surface area contributed by atoms with Gasteiger partial charge in [-0.2, -0.15) is 0 Å². The van der Waals surface area contributed by atoms with E-state index >= 15 is 0 Å². The van der Waals surface area contributed by atoms with Gasteiger partial charge in [0.1, 0.15) is 5.56 Å². The highest BCUT2D eigenvalue weighted by Gasteiger charge is 2.34. The fourth-order valence-corrected chi connectivity index (χ4v) is 2.86. The molecule has 0 saturated heterocycles. The molecule has 0 N–H and O–H groups in total. The Labute approximate surface area is 150 Å². The van der Waals surface area contributed by atoms with Gasteiger partial charge in [0, 0.05) is 6.20 Å². The van der Waals surface area contributed by atoms with Crippen LogP contribution in [0.2, 0.25) is 0 Å². The van der Waals surface area contributed by atoms with Gasteiger partial charge in [-0.25, -0.2) is 4.79 Å². The number of ether oxygens (including phenoxy) is 2. The third-order valence-corrected chi connectivity index (χ3v) is 4.16. The number of hydrogen-bond donors (Lipinski definition) is 0. The summed E-state index contributed by atoms with van der Waals surface area (Å²) in [6.45, 7) is 4.76. The Morgan fingerprint density at radius 2 is 2.12 bits per heavy atom. The monoisotopic (exact) mass is 356 g/mol. The first-order chi connectivity index (χ1) is 12.6. The molecule has 26 heavy (non-hydrogen) atoms. The summed E-state index contributed by atoms with van der Waals surface area (Å²) in [6.07, 6.45) is 4.67. The van der Waals surface area contributed by atoms with E-state index in [2.05, 4.69) is 11.5 Å². The van der Waals surface area contributed by atoms with Crippen molar-refractivity contribution in [2.24, 2.45) is 0 Å². The number of unbranched alkanes of at least 4 members (excludes halogenated alkanes) is 1. The third kappa shape index (κ3) is 3.10. The van der Waals surface area contributed by atoms with Crippen molar-refractivity contribution in [3.05, 3.63) is 50.9 Å². The fourth-order valence-electron chi connectivity index (χ4n) is 2.86. The van der Waals surface area contributed by atoms with E-state index in [9.17, 15) is 14.4 Å². The Morgan fingerprint density at radius 3 is 2.85 bits per heavy atom. The molecule has 1 aromatic heterocycles. The molecule has 7 nitrogen and oxygen atoms in total. The Kier molecular flexibility index (Phi) is 5.12. The molecule has 0 fully saturated rings. The van der Waals surface area contributed by atoms with Crippen LogP contribution in [0, 0.1) is 0 Å². The minimum Gasteiger partial charge on any atom is -0.487 e. The lowest BCUT2D eigenvalue weighted by molar-refractivity contribution is 0.0521. The first kappa shape index (κ1) is 17.8. The third-order valence-electron chi connectivity index (χ3n) is 4.16. The average molecular weight is 356 g/mol. The number of rotatable bonds is 6.